The van der Waals surface area contributed by atoms with E-state index in [9.17, 15) is 25.2 Å². The second-order valence-electron chi connectivity index (χ2n) is 6.60. The van der Waals surface area contributed by atoms with Crippen LogP contribution in [0.1, 0.15) is 5.56 Å². The maximum Gasteiger partial charge on any atom is 0.257 e. The molecule has 1 heterocycles. The first-order chi connectivity index (χ1) is 13.9. The van der Waals surface area contributed by atoms with Crippen LogP contribution in [0.2, 0.25) is 0 Å². The third kappa shape index (κ3) is 4.58. The molecule has 152 valence electrons. The van der Waals surface area contributed by atoms with Gasteiger partial charge >= 0.3 is 0 Å². The summed E-state index contributed by atoms with van der Waals surface area (Å²) in [6, 6.07) is 15.8. The van der Waals surface area contributed by atoms with Crippen LogP contribution in [0.15, 0.2) is 71.2 Å². The Kier molecular flexibility index (Phi) is 6.53. The normalized spacial score (nSPS) is 19.4. The van der Waals surface area contributed by atoms with E-state index in [1.807, 2.05) is 6.07 Å². The van der Waals surface area contributed by atoms with Crippen LogP contribution in [0.25, 0.3) is 0 Å². The Morgan fingerprint density at radius 3 is 2.28 bits per heavy atom. The Balaban J connectivity index is 2.05. The molecule has 4 atom stereocenters. The molecule has 29 heavy (non-hydrogen) atoms. The molecule has 0 aliphatic carbocycles. The molecule has 1 aliphatic heterocycles. The molecule has 0 saturated heterocycles. The van der Waals surface area contributed by atoms with E-state index in [-0.39, 0.29) is 11.3 Å². The number of nitrogens with one attached hydrogen (secondary N) is 1. The number of anilines is 1. The summed E-state index contributed by atoms with van der Waals surface area (Å²) in [5.74, 6) is -0.555. The molecule has 3 rings (SSSR count). The summed E-state index contributed by atoms with van der Waals surface area (Å²) in [6.45, 7) is -0.798. The predicted molar refractivity (Wildman–Crippen MR) is 107 cm³/mol. The fraction of sp³-hybridized carbons (Fsp3) is 0.238. The summed E-state index contributed by atoms with van der Waals surface area (Å²) in [5, 5.41) is 51.5. The van der Waals surface area contributed by atoms with Crippen LogP contribution in [0.4, 0.5) is 11.4 Å². The van der Waals surface area contributed by atoms with Gasteiger partial charge in [0, 0.05) is 5.56 Å². The highest BCUT2D eigenvalue weighted by Gasteiger charge is 2.31. The van der Waals surface area contributed by atoms with Crippen LogP contribution in [0.3, 0.4) is 0 Å². The minimum atomic E-state index is -1.83. The first-order valence-electron chi connectivity index (χ1n) is 9.02. The van der Waals surface area contributed by atoms with Crippen LogP contribution in [-0.4, -0.2) is 68.2 Å². The van der Waals surface area contributed by atoms with Crippen LogP contribution in [-0.2, 0) is 4.79 Å². The highest BCUT2D eigenvalue weighted by molar-refractivity contribution is 6.32. The van der Waals surface area contributed by atoms with Crippen molar-refractivity contribution in [2.75, 3.05) is 11.9 Å². The van der Waals surface area contributed by atoms with Gasteiger partial charge in [-0.05, 0) is 18.2 Å². The molecule has 1 amide bonds. The number of rotatable bonds is 6. The monoisotopic (exact) mass is 398 g/mol. The summed E-state index contributed by atoms with van der Waals surface area (Å²) < 4.78 is 0. The van der Waals surface area contributed by atoms with Gasteiger partial charge in [0.2, 0.25) is 0 Å². The number of benzene rings is 2. The number of nitrogens with zero attached hydrogens (tertiary/aromatic N) is 1. The van der Waals surface area contributed by atoms with E-state index in [1.54, 1.807) is 48.5 Å². The molecule has 2 aromatic rings. The van der Waals surface area contributed by atoms with E-state index < -0.39 is 36.9 Å². The Morgan fingerprint density at radius 2 is 1.59 bits per heavy atom. The zero-order chi connectivity index (χ0) is 21.0. The Morgan fingerprint density at radius 1 is 0.931 bits per heavy atom. The molecule has 0 unspecified atom stereocenters. The number of aliphatic hydroxyl groups excluding tert-OH is 5. The molecule has 8 heteroatoms. The number of amides is 1. The van der Waals surface area contributed by atoms with Crippen molar-refractivity contribution in [3.8, 4) is 0 Å². The first-order valence-corrected chi connectivity index (χ1v) is 9.02. The van der Waals surface area contributed by atoms with Crippen molar-refractivity contribution in [2.45, 2.75) is 24.4 Å². The van der Waals surface area contributed by atoms with Gasteiger partial charge in [-0.3, -0.25) is 4.79 Å². The molecular formula is C21H22N2O6. The van der Waals surface area contributed by atoms with Gasteiger partial charge in [-0.25, -0.2) is 4.99 Å². The number of aliphatic hydroxyl groups is 5. The Bertz CT molecular complexity index is 928. The lowest BCUT2D eigenvalue weighted by molar-refractivity contribution is -0.113. The van der Waals surface area contributed by atoms with Gasteiger partial charge in [-0.15, -0.1) is 0 Å². The maximum absolute atomic E-state index is 12.9. The Labute approximate surface area is 167 Å². The average Bonchev–Trinajstić information content (AvgIpc) is 2.89. The minimum Gasteiger partial charge on any atom is -0.394 e. The molecular weight excluding hydrogens is 376 g/mol. The summed E-state index contributed by atoms with van der Waals surface area (Å²) >= 11 is 0. The SMILES string of the molecule is O=C1Nc2ccccc2N=C(c2ccccc2)/C1=C/[C@H](O)[C@H](O)[C@H](O)[C@@H](O)CO. The molecule has 0 radical (unpaired) electrons. The number of para-hydroxylation sites is 2. The minimum absolute atomic E-state index is 0.00959. The number of carbonyl (C=O) groups is 1. The van der Waals surface area contributed by atoms with Crippen LogP contribution in [0, 0.1) is 0 Å². The lowest BCUT2D eigenvalue weighted by atomic mass is 9.96. The smallest absolute Gasteiger partial charge is 0.257 e. The summed E-state index contributed by atoms with van der Waals surface area (Å²) in [6.07, 6.45) is -5.92. The number of fused-ring (bicyclic) bond motifs is 1. The number of aliphatic imine (C=N–C) groups is 1. The van der Waals surface area contributed by atoms with Crippen LogP contribution >= 0.6 is 0 Å². The predicted octanol–water partition coefficient (Wildman–Crippen LogP) is 0.122. The summed E-state index contributed by atoms with van der Waals surface area (Å²) in [7, 11) is 0. The van der Waals surface area contributed by atoms with Crippen LogP contribution < -0.4 is 5.32 Å². The van der Waals surface area contributed by atoms with Gasteiger partial charge in [0.05, 0.1) is 29.3 Å². The lowest BCUT2D eigenvalue weighted by Gasteiger charge is -2.24. The highest BCUT2D eigenvalue weighted by atomic mass is 16.4. The molecule has 0 fully saturated rings. The van der Waals surface area contributed by atoms with Gasteiger partial charge < -0.3 is 30.8 Å². The van der Waals surface area contributed by atoms with Crippen molar-refractivity contribution >= 4 is 23.0 Å². The lowest BCUT2D eigenvalue weighted by Crippen LogP contribution is -2.45. The number of hydrogen-bond donors (Lipinski definition) is 6. The third-order valence-electron chi connectivity index (χ3n) is 4.55. The molecule has 0 aromatic heterocycles. The van der Waals surface area contributed by atoms with E-state index >= 15 is 0 Å². The molecule has 8 nitrogen and oxygen atoms in total. The third-order valence-corrected chi connectivity index (χ3v) is 4.55. The van der Waals surface area contributed by atoms with E-state index in [0.717, 1.165) is 6.08 Å². The van der Waals surface area contributed by atoms with E-state index in [4.69, 9.17) is 5.11 Å². The molecule has 0 saturated carbocycles. The van der Waals surface area contributed by atoms with Gasteiger partial charge in [-0.1, -0.05) is 42.5 Å². The largest absolute Gasteiger partial charge is 0.394 e. The van der Waals surface area contributed by atoms with Crippen molar-refractivity contribution in [1.29, 1.82) is 0 Å². The zero-order valence-electron chi connectivity index (χ0n) is 15.4. The van der Waals surface area contributed by atoms with Crippen molar-refractivity contribution in [3.05, 3.63) is 71.8 Å². The maximum atomic E-state index is 12.9. The molecule has 2 aromatic carbocycles. The second kappa shape index (κ2) is 9.08. The van der Waals surface area contributed by atoms with E-state index in [2.05, 4.69) is 10.3 Å². The quantitative estimate of drug-likeness (QED) is 0.382. The fourth-order valence-corrected chi connectivity index (χ4v) is 2.93. The number of carbonyl (C=O) groups excluding carboxylic acids is 1. The molecule has 1 aliphatic rings. The topological polar surface area (TPSA) is 143 Å². The number of hydrogen-bond acceptors (Lipinski definition) is 7. The van der Waals surface area contributed by atoms with Crippen molar-refractivity contribution in [2.24, 2.45) is 4.99 Å². The summed E-state index contributed by atoms with van der Waals surface area (Å²) in [5.41, 5.74) is 1.89. The standard InChI is InChI=1S/C21H22N2O6/c24-11-17(26)20(28)19(27)16(25)10-13-18(12-6-2-1-3-7-12)22-14-8-4-5-9-15(14)23-21(13)29/h1-10,16-17,19-20,24-28H,11H2,(H,23,29)/b13-10-/t16-,17-,19-,20+/m0/s1. The van der Waals surface area contributed by atoms with Crippen molar-refractivity contribution < 1.29 is 30.3 Å². The van der Waals surface area contributed by atoms with E-state index in [1.165, 1.54) is 0 Å². The zero-order valence-corrected chi connectivity index (χ0v) is 15.4. The Hall–Kier alpha value is -2.88. The van der Waals surface area contributed by atoms with Crippen molar-refractivity contribution in [3.63, 3.8) is 0 Å². The van der Waals surface area contributed by atoms with Gasteiger partial charge in [0.25, 0.3) is 5.91 Å². The average molecular weight is 398 g/mol. The summed E-state index contributed by atoms with van der Waals surface area (Å²) in [4.78, 5) is 17.4. The molecule has 0 bridgehead atoms. The van der Waals surface area contributed by atoms with Gasteiger partial charge in [0.15, 0.2) is 0 Å². The van der Waals surface area contributed by atoms with Crippen LogP contribution in [0.5, 0.6) is 0 Å². The van der Waals surface area contributed by atoms with Gasteiger partial charge in [0.1, 0.15) is 24.4 Å². The molecule has 0 spiro atoms. The van der Waals surface area contributed by atoms with Crippen molar-refractivity contribution in [1.82, 2.24) is 0 Å². The molecule has 6 N–H and O–H groups in total. The first kappa shape index (κ1) is 20.8. The fourth-order valence-electron chi connectivity index (χ4n) is 2.93. The van der Waals surface area contributed by atoms with E-state index in [0.29, 0.717) is 16.9 Å². The highest BCUT2D eigenvalue weighted by Crippen LogP contribution is 2.30. The second-order valence-corrected chi connectivity index (χ2v) is 6.60. The van der Waals surface area contributed by atoms with Gasteiger partial charge in [-0.2, -0.15) is 0 Å².